The van der Waals surface area contributed by atoms with Crippen molar-refractivity contribution < 1.29 is 18.0 Å². The molecule has 3 aromatic rings. The first-order valence-corrected chi connectivity index (χ1v) is 8.65. The van der Waals surface area contributed by atoms with Crippen LogP contribution in [0.5, 0.6) is 0 Å². The molecule has 0 bridgehead atoms. The molecule has 0 spiro atoms. The molecule has 0 atom stereocenters. The number of anilines is 2. The van der Waals surface area contributed by atoms with Crippen LogP contribution in [-0.4, -0.2) is 40.9 Å². The highest BCUT2D eigenvalue weighted by molar-refractivity contribution is 7.14. The lowest BCUT2D eigenvalue weighted by Crippen LogP contribution is -2.26. The fourth-order valence-corrected chi connectivity index (χ4v) is 2.97. The molecule has 0 unspecified atom stereocenters. The topological polar surface area (TPSA) is 71.0 Å². The van der Waals surface area contributed by atoms with Crippen LogP contribution in [0.2, 0.25) is 0 Å². The van der Waals surface area contributed by atoms with Gasteiger partial charge in [0.05, 0.1) is 12.2 Å². The van der Waals surface area contributed by atoms with E-state index in [1.165, 1.54) is 52.9 Å². The average Bonchev–Trinajstić information content (AvgIpc) is 3.16. The van der Waals surface area contributed by atoms with Gasteiger partial charge in [0.2, 0.25) is 0 Å². The average molecular weight is 393 g/mol. The summed E-state index contributed by atoms with van der Waals surface area (Å²) in [5.41, 5.74) is 1.25. The van der Waals surface area contributed by atoms with Crippen LogP contribution >= 0.6 is 11.3 Å². The van der Waals surface area contributed by atoms with E-state index in [9.17, 15) is 18.0 Å². The second kappa shape index (κ2) is 8.12. The van der Waals surface area contributed by atoms with Crippen molar-refractivity contribution in [2.75, 3.05) is 23.8 Å². The molecular weight excluding hydrogens is 379 g/mol. The number of hydrogen-bond donors (Lipinski definition) is 1. The predicted octanol–water partition coefficient (Wildman–Crippen LogP) is 3.69. The largest absolute Gasteiger partial charge is 0.364 e. The molecule has 2 heterocycles. The SMILES string of the molecule is CN(C(=O)c1ccc(F)cc1)c1nc(-c2cc(NCC(F)F)ncn2)cs1. The van der Waals surface area contributed by atoms with Gasteiger partial charge in [-0.1, -0.05) is 0 Å². The zero-order valence-electron chi connectivity index (χ0n) is 14.1. The van der Waals surface area contributed by atoms with E-state index in [2.05, 4.69) is 20.3 Å². The normalized spacial score (nSPS) is 10.9. The Hall–Kier alpha value is -3.01. The summed E-state index contributed by atoms with van der Waals surface area (Å²) in [6.45, 7) is -0.520. The van der Waals surface area contributed by atoms with Gasteiger partial charge in [0.1, 0.15) is 23.7 Å². The zero-order valence-corrected chi connectivity index (χ0v) is 14.9. The summed E-state index contributed by atoms with van der Waals surface area (Å²) in [6.07, 6.45) is -1.25. The molecule has 1 amide bonds. The van der Waals surface area contributed by atoms with Crippen LogP contribution in [0.3, 0.4) is 0 Å². The predicted molar refractivity (Wildman–Crippen MR) is 96.8 cm³/mol. The van der Waals surface area contributed by atoms with Crippen LogP contribution in [0.1, 0.15) is 10.4 Å². The lowest BCUT2D eigenvalue weighted by atomic mass is 10.2. The van der Waals surface area contributed by atoms with E-state index in [4.69, 9.17) is 0 Å². The Bertz CT molecular complexity index is 932. The van der Waals surface area contributed by atoms with Gasteiger partial charge in [0, 0.05) is 24.1 Å². The smallest absolute Gasteiger partial charge is 0.259 e. The number of hydrogen-bond acceptors (Lipinski definition) is 6. The minimum atomic E-state index is -2.50. The maximum atomic E-state index is 13.0. The molecule has 2 aromatic heterocycles. The van der Waals surface area contributed by atoms with Gasteiger partial charge >= 0.3 is 0 Å². The highest BCUT2D eigenvalue weighted by Crippen LogP contribution is 2.27. The lowest BCUT2D eigenvalue weighted by molar-refractivity contribution is 0.0993. The van der Waals surface area contributed by atoms with E-state index >= 15 is 0 Å². The van der Waals surface area contributed by atoms with Crippen molar-refractivity contribution in [3.8, 4) is 11.4 Å². The van der Waals surface area contributed by atoms with Gasteiger partial charge in [-0.15, -0.1) is 11.3 Å². The van der Waals surface area contributed by atoms with Crippen LogP contribution in [0.25, 0.3) is 11.4 Å². The van der Waals surface area contributed by atoms with Crippen LogP contribution < -0.4 is 10.2 Å². The standard InChI is InChI=1S/C17H14F3N5OS/c1-25(16(26)10-2-4-11(18)5-3-10)17-24-13(8-27-17)12-6-15(23-9-22-12)21-7-14(19)20/h2-6,8-9,14H,7H2,1H3,(H,21,22,23). The van der Waals surface area contributed by atoms with Crippen molar-refractivity contribution in [1.29, 1.82) is 0 Å². The fraction of sp³-hybridized carbons (Fsp3) is 0.176. The maximum absolute atomic E-state index is 13.0. The third kappa shape index (κ3) is 4.59. The number of benzene rings is 1. The van der Waals surface area contributed by atoms with Crippen molar-refractivity contribution in [2.24, 2.45) is 0 Å². The highest BCUT2D eigenvalue weighted by atomic mass is 32.1. The van der Waals surface area contributed by atoms with Gasteiger partial charge in [-0.2, -0.15) is 0 Å². The van der Waals surface area contributed by atoms with Gasteiger partial charge in [0.25, 0.3) is 12.3 Å². The second-order valence-electron chi connectivity index (χ2n) is 5.45. The summed E-state index contributed by atoms with van der Waals surface area (Å²) in [7, 11) is 1.56. The molecule has 1 N–H and O–H groups in total. The molecule has 0 saturated carbocycles. The van der Waals surface area contributed by atoms with Gasteiger partial charge in [0.15, 0.2) is 5.13 Å². The number of aromatic nitrogens is 3. The third-order valence-electron chi connectivity index (χ3n) is 3.54. The van der Waals surface area contributed by atoms with Crippen molar-refractivity contribution in [1.82, 2.24) is 15.0 Å². The first-order valence-electron chi connectivity index (χ1n) is 7.77. The summed E-state index contributed by atoms with van der Waals surface area (Å²) in [5.74, 6) is -0.505. The number of halogens is 3. The Labute approximate surface area is 156 Å². The van der Waals surface area contributed by atoms with E-state index < -0.39 is 18.8 Å². The summed E-state index contributed by atoms with van der Waals surface area (Å²) in [4.78, 5) is 26.1. The van der Waals surface area contributed by atoms with E-state index in [1.807, 2.05) is 0 Å². The molecule has 0 radical (unpaired) electrons. The van der Waals surface area contributed by atoms with Gasteiger partial charge in [-0.3, -0.25) is 9.69 Å². The number of nitrogens with zero attached hydrogens (tertiary/aromatic N) is 4. The maximum Gasteiger partial charge on any atom is 0.259 e. The summed E-state index contributed by atoms with van der Waals surface area (Å²) < 4.78 is 37.6. The molecule has 10 heteroatoms. The van der Waals surface area contributed by atoms with Gasteiger partial charge in [-0.05, 0) is 24.3 Å². The monoisotopic (exact) mass is 393 g/mol. The molecule has 3 rings (SSSR count). The molecule has 0 aliphatic rings. The number of alkyl halides is 2. The summed E-state index contributed by atoms with van der Waals surface area (Å²) in [6, 6.07) is 6.72. The number of thiazole rings is 1. The van der Waals surface area contributed by atoms with Crippen molar-refractivity contribution >= 4 is 28.2 Å². The minimum Gasteiger partial charge on any atom is -0.364 e. The highest BCUT2D eigenvalue weighted by Gasteiger charge is 2.17. The Morgan fingerprint density at radius 1 is 1.22 bits per heavy atom. The summed E-state index contributed by atoms with van der Waals surface area (Å²) >= 11 is 1.22. The van der Waals surface area contributed by atoms with E-state index in [0.29, 0.717) is 22.1 Å². The molecule has 0 aliphatic carbocycles. The molecule has 0 saturated heterocycles. The number of rotatable bonds is 6. The number of carbonyl (C=O) groups excluding carboxylic acids is 1. The fourth-order valence-electron chi connectivity index (χ4n) is 2.18. The molecule has 27 heavy (non-hydrogen) atoms. The number of nitrogens with one attached hydrogen (secondary N) is 1. The van der Waals surface area contributed by atoms with Gasteiger partial charge in [-0.25, -0.2) is 28.1 Å². The molecule has 1 aromatic carbocycles. The molecule has 0 fully saturated rings. The van der Waals surface area contributed by atoms with E-state index in [0.717, 1.165) is 0 Å². The van der Waals surface area contributed by atoms with Crippen LogP contribution in [0.15, 0.2) is 42.0 Å². The third-order valence-corrected chi connectivity index (χ3v) is 4.46. The summed E-state index contributed by atoms with van der Waals surface area (Å²) in [5, 5.41) is 4.62. The Morgan fingerprint density at radius 3 is 2.67 bits per heavy atom. The molecule has 6 nitrogen and oxygen atoms in total. The number of carbonyl (C=O) groups is 1. The van der Waals surface area contributed by atoms with Crippen molar-refractivity contribution in [2.45, 2.75) is 6.43 Å². The molecule has 0 aliphatic heterocycles. The Kier molecular flexibility index (Phi) is 5.65. The van der Waals surface area contributed by atoms with Crippen LogP contribution in [-0.2, 0) is 0 Å². The minimum absolute atomic E-state index is 0.255. The van der Waals surface area contributed by atoms with Gasteiger partial charge < -0.3 is 5.32 Å². The molecule has 140 valence electrons. The Balaban J connectivity index is 1.77. The van der Waals surface area contributed by atoms with E-state index in [1.54, 1.807) is 12.4 Å². The van der Waals surface area contributed by atoms with Crippen molar-refractivity contribution in [3.05, 3.63) is 53.4 Å². The number of amides is 1. The quantitative estimate of drug-likeness (QED) is 0.692. The van der Waals surface area contributed by atoms with E-state index in [-0.39, 0.29) is 11.7 Å². The Morgan fingerprint density at radius 2 is 1.96 bits per heavy atom. The molecular formula is C17H14F3N5OS. The first-order chi connectivity index (χ1) is 12.9. The zero-order chi connectivity index (χ0) is 19.4. The van der Waals surface area contributed by atoms with Crippen LogP contribution in [0.4, 0.5) is 24.1 Å². The van der Waals surface area contributed by atoms with Crippen molar-refractivity contribution in [3.63, 3.8) is 0 Å². The second-order valence-corrected chi connectivity index (χ2v) is 6.28. The lowest BCUT2D eigenvalue weighted by Gasteiger charge is -2.13. The first kappa shape index (κ1) is 18.8. The van der Waals surface area contributed by atoms with Crippen LogP contribution in [0, 0.1) is 5.82 Å².